The number of sulfonamides is 1. The Bertz CT molecular complexity index is 1670. The second-order valence-electron chi connectivity index (χ2n) is 9.45. The van der Waals surface area contributed by atoms with Gasteiger partial charge in [-0.1, -0.05) is 0 Å². The predicted molar refractivity (Wildman–Crippen MR) is 140 cm³/mol. The van der Waals surface area contributed by atoms with Gasteiger partial charge in [-0.15, -0.1) is 10.2 Å². The lowest BCUT2D eigenvalue weighted by Crippen LogP contribution is -2.27. The van der Waals surface area contributed by atoms with Crippen molar-refractivity contribution in [3.63, 3.8) is 0 Å². The highest BCUT2D eigenvalue weighted by molar-refractivity contribution is 7.92. The summed E-state index contributed by atoms with van der Waals surface area (Å²) < 4.78 is 67.2. The largest absolute Gasteiger partial charge is 0.454 e. The third kappa shape index (κ3) is 6.57. The van der Waals surface area contributed by atoms with E-state index in [1.807, 2.05) is 0 Å². The van der Waals surface area contributed by atoms with Gasteiger partial charge in [-0.05, 0) is 71.0 Å². The molecule has 4 aromatic rings. The van der Waals surface area contributed by atoms with Crippen molar-refractivity contribution < 1.29 is 31.5 Å². The van der Waals surface area contributed by atoms with Crippen molar-refractivity contribution >= 4 is 33.1 Å². The Kier molecular flexibility index (Phi) is 7.41. The van der Waals surface area contributed by atoms with Crippen LogP contribution < -0.4 is 14.8 Å². The molecule has 0 atom stereocenters. The Balaban J connectivity index is 1.87. The molecule has 14 heteroatoms. The molecule has 0 unspecified atom stereocenters. The summed E-state index contributed by atoms with van der Waals surface area (Å²) in [6, 6.07) is 8.58. The highest BCUT2D eigenvalue weighted by atomic mass is 32.2. The molecule has 0 radical (unpaired) electrons. The van der Waals surface area contributed by atoms with Crippen LogP contribution in [-0.2, 0) is 14.8 Å². The summed E-state index contributed by atoms with van der Waals surface area (Å²) in [5.74, 6) is -1.71. The number of nitrogens with one attached hydrogen (secondary N) is 2. The van der Waals surface area contributed by atoms with Crippen LogP contribution in [0.3, 0.4) is 0 Å². The van der Waals surface area contributed by atoms with Crippen molar-refractivity contribution in [1.29, 1.82) is 0 Å². The van der Waals surface area contributed by atoms with E-state index < -0.39 is 33.4 Å². The molecule has 2 heterocycles. The second-order valence-corrected chi connectivity index (χ2v) is 11.5. The lowest BCUT2D eigenvalue weighted by Gasteiger charge is -2.20. The first-order chi connectivity index (χ1) is 18.2. The van der Waals surface area contributed by atoms with Crippen LogP contribution in [0.1, 0.15) is 33.5 Å². The van der Waals surface area contributed by atoms with E-state index in [0.717, 1.165) is 12.1 Å². The molecule has 0 saturated carbocycles. The Labute approximate surface area is 223 Å². The number of aromatic nitrogens is 4. The summed E-state index contributed by atoms with van der Waals surface area (Å²) in [5.41, 5.74) is 0.224. The molecule has 0 bridgehead atoms. The molecule has 206 valence electrons. The number of fused-ring (bicyclic) bond motifs is 1. The highest BCUT2D eigenvalue weighted by Crippen LogP contribution is 2.37. The third-order valence-corrected chi connectivity index (χ3v) is 6.49. The first-order valence-electron chi connectivity index (χ1n) is 11.8. The number of hydrogen-bond acceptors (Lipinski definition) is 8. The molecular formula is C25H26F2N6O5S. The molecular weight excluding hydrogens is 534 g/mol. The number of nitrogens with zero attached hydrogens (tertiary/aromatic N) is 4. The zero-order chi connectivity index (χ0) is 28.5. The summed E-state index contributed by atoms with van der Waals surface area (Å²) in [7, 11) is -3.64. The van der Waals surface area contributed by atoms with E-state index in [2.05, 4.69) is 25.3 Å². The Hall–Kier alpha value is -4.33. The fourth-order valence-electron chi connectivity index (χ4n) is 3.43. The summed E-state index contributed by atoms with van der Waals surface area (Å²) in [6.45, 7) is 8.26. The Morgan fingerprint density at radius 2 is 1.77 bits per heavy atom. The van der Waals surface area contributed by atoms with E-state index in [9.17, 15) is 22.0 Å². The van der Waals surface area contributed by atoms with Crippen molar-refractivity contribution in [2.75, 3.05) is 15.8 Å². The van der Waals surface area contributed by atoms with Gasteiger partial charge in [-0.25, -0.2) is 22.0 Å². The average Bonchev–Trinajstić information content (AvgIpc) is 3.21. The Morgan fingerprint density at radius 1 is 1.05 bits per heavy atom. The minimum absolute atomic E-state index is 0.0701. The van der Waals surface area contributed by atoms with E-state index in [1.54, 1.807) is 27.7 Å². The highest BCUT2D eigenvalue weighted by Gasteiger charge is 2.22. The fourth-order valence-corrected chi connectivity index (χ4v) is 4.06. The Morgan fingerprint density at radius 3 is 2.44 bits per heavy atom. The number of benzene rings is 2. The van der Waals surface area contributed by atoms with Crippen LogP contribution in [0.25, 0.3) is 16.9 Å². The van der Waals surface area contributed by atoms with Crippen LogP contribution in [0.4, 0.5) is 25.0 Å². The van der Waals surface area contributed by atoms with Gasteiger partial charge in [0.2, 0.25) is 15.7 Å². The molecule has 0 fully saturated rings. The monoisotopic (exact) mass is 560 g/mol. The number of halogens is 2. The first kappa shape index (κ1) is 27.7. The molecule has 2 N–H and O–H groups in total. The number of aryl methyl sites for hydroxylation is 1. The van der Waals surface area contributed by atoms with Crippen molar-refractivity contribution in [1.82, 2.24) is 19.8 Å². The van der Waals surface area contributed by atoms with Crippen molar-refractivity contribution in [3.8, 4) is 22.8 Å². The van der Waals surface area contributed by atoms with Gasteiger partial charge in [-0.2, -0.15) is 9.61 Å². The summed E-state index contributed by atoms with van der Waals surface area (Å²) in [5, 5.41) is 15.2. The molecule has 11 nitrogen and oxygen atoms in total. The van der Waals surface area contributed by atoms with Crippen LogP contribution >= 0.6 is 0 Å². The average molecular weight is 561 g/mol. The van der Waals surface area contributed by atoms with Gasteiger partial charge >= 0.3 is 6.09 Å². The maximum atomic E-state index is 14.4. The van der Waals surface area contributed by atoms with E-state index in [-0.39, 0.29) is 45.5 Å². The van der Waals surface area contributed by atoms with Crippen LogP contribution in [0, 0.1) is 18.6 Å². The molecule has 39 heavy (non-hydrogen) atoms. The molecule has 2 aromatic carbocycles. The fraction of sp³-hybridized carbons (Fsp3) is 0.280. The van der Waals surface area contributed by atoms with E-state index in [1.165, 1.54) is 35.7 Å². The van der Waals surface area contributed by atoms with Gasteiger partial charge in [0.15, 0.2) is 17.4 Å². The van der Waals surface area contributed by atoms with Crippen LogP contribution in [0.15, 0.2) is 42.5 Å². The van der Waals surface area contributed by atoms with Gasteiger partial charge in [0.1, 0.15) is 17.2 Å². The van der Waals surface area contributed by atoms with Gasteiger partial charge in [0, 0.05) is 17.3 Å². The van der Waals surface area contributed by atoms with Crippen molar-refractivity contribution in [2.24, 2.45) is 0 Å². The van der Waals surface area contributed by atoms with Crippen molar-refractivity contribution in [2.45, 2.75) is 40.2 Å². The first-order valence-corrected chi connectivity index (χ1v) is 13.4. The summed E-state index contributed by atoms with van der Waals surface area (Å²) in [6.07, 6.45) is -0.753. The van der Waals surface area contributed by atoms with Crippen LogP contribution in [0.2, 0.25) is 0 Å². The summed E-state index contributed by atoms with van der Waals surface area (Å²) in [4.78, 5) is 12.6. The van der Waals surface area contributed by atoms with Crippen LogP contribution in [0.5, 0.6) is 11.5 Å². The molecule has 4 rings (SSSR count). The minimum Gasteiger partial charge on any atom is -0.454 e. The molecule has 1 amide bonds. The minimum atomic E-state index is -3.64. The molecule has 0 aliphatic heterocycles. The van der Waals surface area contributed by atoms with E-state index in [4.69, 9.17) is 9.47 Å². The quantitative estimate of drug-likeness (QED) is 0.312. The van der Waals surface area contributed by atoms with E-state index >= 15 is 0 Å². The number of hydrogen-bond donors (Lipinski definition) is 2. The molecule has 0 aliphatic carbocycles. The smallest absolute Gasteiger partial charge is 0.412 e. The molecule has 0 saturated heterocycles. The topological polar surface area (TPSA) is 137 Å². The number of amides is 1. The zero-order valence-electron chi connectivity index (χ0n) is 21.7. The van der Waals surface area contributed by atoms with Crippen molar-refractivity contribution in [3.05, 3.63) is 59.9 Å². The summed E-state index contributed by atoms with van der Waals surface area (Å²) >= 11 is 0. The third-order valence-electron chi connectivity index (χ3n) is 5.18. The van der Waals surface area contributed by atoms with Gasteiger partial charge < -0.3 is 9.47 Å². The molecule has 0 aliphatic rings. The van der Waals surface area contributed by atoms with Gasteiger partial charge in [-0.3, -0.25) is 10.0 Å². The number of carbonyl (C=O) groups excluding carboxylic acids is 1. The second kappa shape index (κ2) is 10.4. The van der Waals surface area contributed by atoms with Gasteiger partial charge in [0.05, 0.1) is 17.1 Å². The van der Waals surface area contributed by atoms with Crippen LogP contribution in [-0.4, -0.2) is 45.7 Å². The SMILES string of the molecule is CCS(=O)(=O)Nc1ccc(Oc2ccc(F)cc2F)c(-c2cc(NC(=O)OC(C)(C)C)c3nnc(C)n3n2)c1. The number of carbonyl (C=O) groups is 1. The number of rotatable bonds is 7. The molecule has 2 aromatic heterocycles. The normalized spacial score (nSPS) is 11.9. The maximum absolute atomic E-state index is 14.4. The lowest BCUT2D eigenvalue weighted by molar-refractivity contribution is 0.0636. The van der Waals surface area contributed by atoms with Gasteiger partial charge in [0.25, 0.3) is 0 Å². The van der Waals surface area contributed by atoms with E-state index in [0.29, 0.717) is 11.9 Å². The number of ether oxygens (including phenoxy) is 2. The zero-order valence-corrected chi connectivity index (χ0v) is 22.6. The lowest BCUT2D eigenvalue weighted by atomic mass is 10.1. The predicted octanol–water partition coefficient (Wildman–Crippen LogP) is 5.28. The maximum Gasteiger partial charge on any atom is 0.412 e. The standard InChI is InChI=1S/C25H26F2N6O5S/c1-6-39(35,36)32-16-8-10-21(37-22-9-7-15(26)11-18(22)27)17(12-16)19-13-20(28-24(34)38-25(3,4)5)23-30-29-14(2)33(23)31-19/h7-13,32H,6H2,1-5H3,(H,28,34). The number of anilines is 2. The molecule has 0 spiro atoms.